The number of benzene rings is 2. The molecule has 1 N–H and O–H groups in total. The summed E-state index contributed by atoms with van der Waals surface area (Å²) in [5.74, 6) is 1.11. The van der Waals surface area contributed by atoms with Gasteiger partial charge in [0.2, 0.25) is 0 Å². The number of nitrogens with one attached hydrogen (secondary N) is 1. The number of ether oxygens (including phenoxy) is 2. The number of amides is 3. The lowest BCUT2D eigenvalue weighted by Gasteiger charge is -2.37. The largest absolute Gasteiger partial charge is 0.497 e. The zero-order valence-electron chi connectivity index (χ0n) is 19.2. The Hall–Kier alpha value is -3.06. The summed E-state index contributed by atoms with van der Waals surface area (Å²) in [4.78, 5) is 29.7. The van der Waals surface area contributed by atoms with Gasteiger partial charge in [-0.3, -0.25) is 14.6 Å². The lowest BCUT2D eigenvalue weighted by Crippen LogP contribution is -2.54. The minimum Gasteiger partial charge on any atom is -0.497 e. The van der Waals surface area contributed by atoms with Gasteiger partial charge in [0.15, 0.2) is 0 Å². The highest BCUT2D eigenvalue weighted by atomic mass is 16.5. The number of piperidine rings is 1. The summed E-state index contributed by atoms with van der Waals surface area (Å²) in [6.45, 7) is 6.79. The van der Waals surface area contributed by atoms with Gasteiger partial charge in [-0.2, -0.15) is 0 Å². The third-order valence-corrected chi connectivity index (χ3v) is 6.40. The number of imide groups is 1. The van der Waals surface area contributed by atoms with Gasteiger partial charge < -0.3 is 14.8 Å². The summed E-state index contributed by atoms with van der Waals surface area (Å²) >= 11 is 0. The summed E-state index contributed by atoms with van der Waals surface area (Å²) in [6.07, 6.45) is 1.22. The van der Waals surface area contributed by atoms with Crippen molar-refractivity contribution in [2.24, 2.45) is 0 Å². The molecule has 2 aliphatic rings. The number of hydrogen-bond acceptors (Lipinski definition) is 5. The van der Waals surface area contributed by atoms with E-state index in [0.717, 1.165) is 25.2 Å². The van der Waals surface area contributed by atoms with E-state index >= 15 is 0 Å². The molecule has 7 heteroatoms. The molecule has 0 radical (unpaired) electrons. The van der Waals surface area contributed by atoms with Crippen LogP contribution in [0, 0.1) is 13.8 Å². The molecule has 0 unspecified atom stereocenters. The molecule has 0 bridgehead atoms. The Kier molecular flexibility index (Phi) is 6.11. The highest BCUT2D eigenvalue weighted by Gasteiger charge is 2.52. The lowest BCUT2D eigenvalue weighted by molar-refractivity contribution is -0.133. The van der Waals surface area contributed by atoms with Crippen molar-refractivity contribution in [3.8, 4) is 11.5 Å². The van der Waals surface area contributed by atoms with Crippen LogP contribution in [0.15, 0.2) is 36.4 Å². The summed E-state index contributed by atoms with van der Waals surface area (Å²) in [7, 11) is 3.15. The van der Waals surface area contributed by atoms with Gasteiger partial charge in [0.05, 0.1) is 20.8 Å². The average molecular weight is 438 g/mol. The zero-order valence-corrected chi connectivity index (χ0v) is 19.2. The molecule has 7 nitrogen and oxygen atoms in total. The second kappa shape index (κ2) is 8.82. The predicted octanol–water partition coefficient (Wildman–Crippen LogP) is 3.41. The number of aryl methyl sites for hydroxylation is 2. The summed E-state index contributed by atoms with van der Waals surface area (Å²) < 4.78 is 10.6. The molecule has 2 fully saturated rings. The molecule has 2 heterocycles. The molecular formula is C25H31N3O4. The number of hydrogen-bond donors (Lipinski definition) is 1. The molecule has 4 rings (SSSR count). The Morgan fingerprint density at radius 2 is 1.41 bits per heavy atom. The Morgan fingerprint density at radius 3 is 1.97 bits per heavy atom. The molecule has 3 amide bonds. The number of nitrogens with zero attached hydrogens (tertiary/aromatic N) is 2. The van der Waals surface area contributed by atoms with E-state index in [1.54, 1.807) is 20.3 Å². The van der Waals surface area contributed by atoms with Crippen molar-refractivity contribution in [2.75, 3.05) is 27.3 Å². The molecule has 1 spiro atoms. The van der Waals surface area contributed by atoms with E-state index in [1.165, 1.54) is 21.6 Å². The fourth-order valence-electron chi connectivity index (χ4n) is 4.81. The molecule has 2 saturated heterocycles. The summed E-state index contributed by atoms with van der Waals surface area (Å²) in [5.41, 5.74) is 3.79. The Bertz CT molecular complexity index is 985. The van der Waals surface area contributed by atoms with E-state index in [9.17, 15) is 9.59 Å². The van der Waals surface area contributed by atoms with Crippen molar-refractivity contribution >= 4 is 11.9 Å². The molecule has 0 atom stereocenters. The van der Waals surface area contributed by atoms with Crippen molar-refractivity contribution in [1.82, 2.24) is 15.1 Å². The van der Waals surface area contributed by atoms with Crippen molar-refractivity contribution in [3.05, 3.63) is 58.7 Å². The van der Waals surface area contributed by atoms with Gasteiger partial charge in [0.25, 0.3) is 5.91 Å². The lowest BCUT2D eigenvalue weighted by atomic mass is 9.87. The van der Waals surface area contributed by atoms with Crippen LogP contribution >= 0.6 is 0 Å². The van der Waals surface area contributed by atoms with Gasteiger partial charge in [0, 0.05) is 25.7 Å². The third-order valence-electron chi connectivity index (χ3n) is 6.40. The maximum Gasteiger partial charge on any atom is 0.325 e. The number of rotatable bonds is 6. The van der Waals surface area contributed by atoms with Gasteiger partial charge in [-0.15, -0.1) is 0 Å². The molecule has 32 heavy (non-hydrogen) atoms. The van der Waals surface area contributed by atoms with Crippen LogP contribution < -0.4 is 14.8 Å². The quantitative estimate of drug-likeness (QED) is 0.702. The number of carbonyl (C=O) groups excluding carboxylic acids is 2. The van der Waals surface area contributed by atoms with Crippen LogP contribution in [0.25, 0.3) is 0 Å². The highest BCUT2D eigenvalue weighted by Crippen LogP contribution is 2.32. The van der Waals surface area contributed by atoms with Gasteiger partial charge in [0.1, 0.15) is 17.0 Å². The van der Waals surface area contributed by atoms with Crippen LogP contribution in [0.1, 0.15) is 35.1 Å². The van der Waals surface area contributed by atoms with Gasteiger partial charge in [-0.1, -0.05) is 29.3 Å². The van der Waals surface area contributed by atoms with E-state index in [2.05, 4.69) is 42.3 Å². The Balaban J connectivity index is 1.43. The minimum absolute atomic E-state index is 0.143. The normalized spacial score (nSPS) is 18.2. The van der Waals surface area contributed by atoms with Crippen molar-refractivity contribution in [1.29, 1.82) is 0 Å². The van der Waals surface area contributed by atoms with Crippen LogP contribution in [0.5, 0.6) is 11.5 Å². The van der Waals surface area contributed by atoms with E-state index in [-0.39, 0.29) is 18.5 Å². The van der Waals surface area contributed by atoms with Crippen LogP contribution in [0.4, 0.5) is 4.79 Å². The Labute approximate surface area is 189 Å². The van der Waals surface area contributed by atoms with Crippen LogP contribution in [0.2, 0.25) is 0 Å². The Morgan fingerprint density at radius 1 is 0.844 bits per heavy atom. The second-order valence-electron chi connectivity index (χ2n) is 8.90. The van der Waals surface area contributed by atoms with Crippen molar-refractivity contribution in [3.63, 3.8) is 0 Å². The smallest absolute Gasteiger partial charge is 0.325 e. The second-order valence-corrected chi connectivity index (χ2v) is 8.90. The van der Waals surface area contributed by atoms with Crippen molar-refractivity contribution < 1.29 is 19.1 Å². The zero-order chi connectivity index (χ0) is 22.9. The maximum absolute atomic E-state index is 13.3. The van der Waals surface area contributed by atoms with Gasteiger partial charge >= 0.3 is 6.03 Å². The first-order valence-electron chi connectivity index (χ1n) is 11.0. The fourth-order valence-corrected chi connectivity index (χ4v) is 4.81. The van der Waals surface area contributed by atoms with Crippen LogP contribution in [0.3, 0.4) is 0 Å². The summed E-state index contributed by atoms with van der Waals surface area (Å²) in [5, 5.41) is 3.00. The van der Waals surface area contributed by atoms with Crippen molar-refractivity contribution in [2.45, 2.75) is 45.3 Å². The first-order valence-corrected chi connectivity index (χ1v) is 11.0. The molecule has 170 valence electrons. The first kappa shape index (κ1) is 22.1. The van der Waals surface area contributed by atoms with Gasteiger partial charge in [-0.05, 0) is 49.9 Å². The molecule has 0 aromatic heterocycles. The fraction of sp³-hybridized carbons (Fsp3) is 0.440. The third kappa shape index (κ3) is 4.43. The minimum atomic E-state index is -0.806. The van der Waals surface area contributed by atoms with E-state index < -0.39 is 5.54 Å². The average Bonchev–Trinajstić information content (AvgIpc) is 2.98. The maximum atomic E-state index is 13.3. The molecular weight excluding hydrogens is 406 g/mol. The molecule has 2 aromatic carbocycles. The van der Waals surface area contributed by atoms with Crippen LogP contribution in [-0.4, -0.2) is 54.6 Å². The SMILES string of the molecule is COc1cc(CN2C(=O)NC3(CCN(Cc4cc(C)cc(C)c4)CC3)C2=O)cc(OC)c1. The number of likely N-dealkylation sites (tertiary alicyclic amines) is 1. The standard InChI is InChI=1S/C25H31N3O4/c1-17-9-18(2)11-19(10-17)15-27-7-5-25(6-8-27)23(29)28(24(30)26-25)16-20-12-21(31-3)14-22(13-20)32-4/h9-14H,5-8,15-16H2,1-4H3,(H,26,30). The molecule has 0 aliphatic carbocycles. The van der Waals surface area contributed by atoms with Crippen LogP contribution in [-0.2, 0) is 17.9 Å². The molecule has 2 aliphatic heterocycles. The number of urea groups is 1. The molecule has 2 aromatic rings. The van der Waals surface area contributed by atoms with E-state index in [1.807, 2.05) is 12.1 Å². The summed E-state index contributed by atoms with van der Waals surface area (Å²) in [6, 6.07) is 11.7. The first-order chi connectivity index (χ1) is 15.3. The topological polar surface area (TPSA) is 71.1 Å². The van der Waals surface area contributed by atoms with E-state index in [0.29, 0.717) is 24.3 Å². The number of methoxy groups -OCH3 is 2. The predicted molar refractivity (Wildman–Crippen MR) is 122 cm³/mol. The number of carbonyl (C=O) groups is 2. The molecule has 0 saturated carbocycles. The van der Waals surface area contributed by atoms with Gasteiger partial charge in [-0.25, -0.2) is 4.79 Å². The van der Waals surface area contributed by atoms with E-state index in [4.69, 9.17) is 9.47 Å². The monoisotopic (exact) mass is 437 g/mol. The highest BCUT2D eigenvalue weighted by molar-refractivity contribution is 6.07.